The Morgan fingerprint density at radius 2 is 1.55 bits per heavy atom. The number of unbranched alkanes of at least 4 members (excludes halogenated alkanes) is 9. The first-order valence-corrected chi connectivity index (χ1v) is 15.0. The molecule has 0 radical (unpaired) electrons. The number of para-hydroxylation sites is 1. The van der Waals surface area contributed by atoms with Crippen molar-refractivity contribution in [2.45, 2.75) is 120 Å². The zero-order valence-corrected chi connectivity index (χ0v) is 23.6. The second-order valence-electron chi connectivity index (χ2n) is 11.4. The van der Waals surface area contributed by atoms with Gasteiger partial charge in [0.15, 0.2) is 6.29 Å². The monoisotopic (exact) mass is 562 g/mol. The number of carbonyl (C=O) groups is 2. The van der Waals surface area contributed by atoms with Crippen LogP contribution in [0.1, 0.15) is 87.9 Å². The summed E-state index contributed by atoms with van der Waals surface area (Å²) in [6, 6.07) is 5.86. The van der Waals surface area contributed by atoms with Crippen LogP contribution in [0.15, 0.2) is 24.3 Å². The van der Waals surface area contributed by atoms with Crippen LogP contribution >= 0.6 is 0 Å². The molecule has 1 aromatic carbocycles. The van der Waals surface area contributed by atoms with Crippen molar-refractivity contribution in [2.24, 2.45) is 0 Å². The van der Waals surface area contributed by atoms with Gasteiger partial charge in [-0.15, -0.1) is 0 Å². The van der Waals surface area contributed by atoms with Crippen LogP contribution in [0.4, 0.5) is 5.69 Å². The summed E-state index contributed by atoms with van der Waals surface area (Å²) < 4.78 is 11.4. The smallest absolute Gasteiger partial charge is 0.256 e. The van der Waals surface area contributed by atoms with E-state index >= 15 is 0 Å². The van der Waals surface area contributed by atoms with E-state index in [0.29, 0.717) is 17.9 Å². The first-order chi connectivity index (χ1) is 19.3. The number of fused-ring (bicyclic) bond motifs is 2. The van der Waals surface area contributed by atoms with Crippen molar-refractivity contribution in [2.75, 3.05) is 24.6 Å². The van der Waals surface area contributed by atoms with Crippen molar-refractivity contribution in [3.63, 3.8) is 0 Å². The summed E-state index contributed by atoms with van der Waals surface area (Å²) in [6.07, 6.45) is 4.51. The molecule has 3 heterocycles. The average Bonchev–Trinajstić information content (AvgIpc) is 3.32. The maximum atomic E-state index is 13.6. The Morgan fingerprint density at radius 1 is 0.900 bits per heavy atom. The van der Waals surface area contributed by atoms with E-state index in [1.165, 1.54) is 54.7 Å². The lowest BCUT2D eigenvalue weighted by molar-refractivity contribution is -0.287. The predicted molar refractivity (Wildman–Crippen MR) is 149 cm³/mol. The Bertz CT molecular complexity index is 977. The third kappa shape index (κ3) is 7.21. The van der Waals surface area contributed by atoms with E-state index in [1.807, 2.05) is 0 Å². The second kappa shape index (κ2) is 14.7. The Hall–Kier alpha value is -2.08. The summed E-state index contributed by atoms with van der Waals surface area (Å²) in [5.74, 6) is -0.736. The molecule has 2 saturated heterocycles. The van der Waals surface area contributed by atoms with E-state index in [0.717, 1.165) is 19.3 Å². The van der Waals surface area contributed by atoms with E-state index in [-0.39, 0.29) is 25.4 Å². The molecule has 0 bridgehead atoms. The molecule has 3 aliphatic rings. The number of nitrogens with zero attached hydrogens (tertiary/aromatic N) is 2. The maximum absolute atomic E-state index is 13.6. The molecular formula is C30H46N2O8. The first kappa shape index (κ1) is 30.9. The van der Waals surface area contributed by atoms with Crippen LogP contribution in [-0.2, 0) is 14.3 Å². The second-order valence-corrected chi connectivity index (χ2v) is 11.4. The van der Waals surface area contributed by atoms with Crippen LogP contribution in [0.25, 0.3) is 0 Å². The highest BCUT2D eigenvalue weighted by Gasteiger charge is 2.49. The lowest BCUT2D eigenvalue weighted by Gasteiger charge is -2.42. The third-order valence-electron chi connectivity index (χ3n) is 8.35. The molecule has 0 saturated carbocycles. The van der Waals surface area contributed by atoms with Crippen LogP contribution in [-0.4, -0.2) is 99.7 Å². The van der Waals surface area contributed by atoms with Gasteiger partial charge in [-0.3, -0.25) is 9.59 Å². The Kier molecular flexibility index (Phi) is 11.3. The van der Waals surface area contributed by atoms with Gasteiger partial charge < -0.3 is 39.7 Å². The van der Waals surface area contributed by atoms with Crippen molar-refractivity contribution in [3.05, 3.63) is 29.8 Å². The molecule has 3 aliphatic heterocycles. The first-order valence-electron chi connectivity index (χ1n) is 15.0. The molecule has 10 heteroatoms. The zero-order valence-electron chi connectivity index (χ0n) is 23.6. The van der Waals surface area contributed by atoms with Crippen molar-refractivity contribution in [3.8, 4) is 0 Å². The zero-order chi connectivity index (χ0) is 28.6. The van der Waals surface area contributed by atoms with Crippen LogP contribution in [0.5, 0.6) is 0 Å². The maximum Gasteiger partial charge on any atom is 0.256 e. The largest absolute Gasteiger partial charge is 0.391 e. The van der Waals surface area contributed by atoms with Gasteiger partial charge in [0, 0.05) is 19.6 Å². The number of amides is 2. The van der Waals surface area contributed by atoms with E-state index < -0.39 is 48.8 Å². The van der Waals surface area contributed by atoms with Gasteiger partial charge in [-0.2, -0.15) is 0 Å². The quantitative estimate of drug-likeness (QED) is 0.254. The SMILES string of the molecule is CCCCCCCCCCCCO[C@H]1[C@H](O)[C@@H](CN2C(=O)C3CC(O)CN3C(=O)c3ccccc32)OC(O)[C@@H]1O. The summed E-state index contributed by atoms with van der Waals surface area (Å²) >= 11 is 0. The van der Waals surface area contributed by atoms with E-state index in [9.17, 15) is 30.0 Å². The number of benzene rings is 1. The standard InChI is InChI=1S/C30H46N2O8/c1-2-3-4-5-6-7-8-9-10-13-16-39-27-25(34)24(40-30(38)26(27)35)19-32-22-15-12-11-14-21(22)28(36)31-18-20(33)17-23(31)29(32)37/h11-12,14-15,20,23-27,30,33-35,38H,2-10,13,16-19H2,1H3/t20?,23?,24-,25-,26-,27+,30?/m1/s1. The summed E-state index contributed by atoms with van der Waals surface area (Å²) in [6.45, 7) is 2.45. The molecule has 4 N–H and O–H groups in total. The Balaban J connectivity index is 1.34. The lowest BCUT2D eigenvalue weighted by Crippen LogP contribution is -2.61. The molecule has 10 nitrogen and oxygen atoms in total. The van der Waals surface area contributed by atoms with E-state index in [1.54, 1.807) is 24.3 Å². The van der Waals surface area contributed by atoms with Crippen molar-refractivity contribution in [1.29, 1.82) is 0 Å². The van der Waals surface area contributed by atoms with E-state index in [2.05, 4.69) is 6.92 Å². The summed E-state index contributed by atoms with van der Waals surface area (Å²) in [5.41, 5.74) is 0.688. The van der Waals surface area contributed by atoms with Crippen LogP contribution in [0, 0.1) is 0 Å². The molecule has 7 atom stereocenters. The minimum absolute atomic E-state index is 0.0692. The fraction of sp³-hybridized carbons (Fsp3) is 0.733. The Morgan fingerprint density at radius 3 is 2.25 bits per heavy atom. The normalized spacial score (nSPS) is 30.4. The molecule has 0 aromatic heterocycles. The van der Waals surface area contributed by atoms with Crippen LogP contribution in [0.3, 0.4) is 0 Å². The number of rotatable bonds is 14. The molecule has 0 spiro atoms. The van der Waals surface area contributed by atoms with Crippen molar-refractivity contribution >= 4 is 17.5 Å². The van der Waals surface area contributed by atoms with Crippen LogP contribution in [0.2, 0.25) is 0 Å². The third-order valence-corrected chi connectivity index (χ3v) is 8.35. The molecule has 2 amide bonds. The molecule has 2 fully saturated rings. The molecule has 4 rings (SSSR count). The number of hydrogen-bond acceptors (Lipinski definition) is 8. The fourth-order valence-corrected chi connectivity index (χ4v) is 6.06. The van der Waals surface area contributed by atoms with Crippen molar-refractivity contribution < 1.29 is 39.5 Å². The summed E-state index contributed by atoms with van der Waals surface area (Å²) in [5, 5.41) is 42.2. The molecule has 1 aromatic rings. The highest BCUT2D eigenvalue weighted by molar-refractivity contribution is 6.11. The molecule has 224 valence electrons. The van der Waals surface area contributed by atoms with Gasteiger partial charge >= 0.3 is 0 Å². The minimum atomic E-state index is -1.60. The highest BCUT2D eigenvalue weighted by Crippen LogP contribution is 2.34. The number of hydrogen-bond donors (Lipinski definition) is 4. The number of aliphatic hydroxyl groups is 4. The van der Waals surface area contributed by atoms with Gasteiger partial charge in [0.05, 0.1) is 23.9 Å². The molecular weight excluding hydrogens is 516 g/mol. The van der Waals surface area contributed by atoms with Gasteiger partial charge in [-0.1, -0.05) is 76.8 Å². The highest BCUT2D eigenvalue weighted by atomic mass is 16.6. The summed E-state index contributed by atoms with van der Waals surface area (Å²) in [4.78, 5) is 29.6. The Labute approximate surface area is 236 Å². The van der Waals surface area contributed by atoms with Crippen LogP contribution < -0.4 is 4.90 Å². The number of aliphatic hydroxyl groups excluding tert-OH is 4. The lowest BCUT2D eigenvalue weighted by atomic mass is 9.97. The van der Waals surface area contributed by atoms with Gasteiger partial charge in [-0.05, 0) is 18.6 Å². The predicted octanol–water partition coefficient (Wildman–Crippen LogP) is 2.35. The molecule has 0 aliphatic carbocycles. The van der Waals surface area contributed by atoms with Crippen molar-refractivity contribution in [1.82, 2.24) is 4.90 Å². The van der Waals surface area contributed by atoms with Gasteiger partial charge in [0.25, 0.3) is 5.91 Å². The average molecular weight is 563 g/mol. The van der Waals surface area contributed by atoms with Gasteiger partial charge in [0.1, 0.15) is 30.5 Å². The summed E-state index contributed by atoms with van der Waals surface area (Å²) in [7, 11) is 0. The number of anilines is 1. The topological polar surface area (TPSA) is 140 Å². The van der Waals surface area contributed by atoms with E-state index in [4.69, 9.17) is 9.47 Å². The van der Waals surface area contributed by atoms with Gasteiger partial charge in [-0.25, -0.2) is 0 Å². The number of carbonyl (C=O) groups excluding carboxylic acids is 2. The fourth-order valence-electron chi connectivity index (χ4n) is 6.06. The minimum Gasteiger partial charge on any atom is -0.391 e. The molecule has 3 unspecified atom stereocenters. The molecule has 40 heavy (non-hydrogen) atoms. The number of ether oxygens (including phenoxy) is 2. The van der Waals surface area contributed by atoms with Gasteiger partial charge in [0.2, 0.25) is 5.91 Å².